The zero-order valence-electron chi connectivity index (χ0n) is 10.1. The Labute approximate surface area is 105 Å². The van der Waals surface area contributed by atoms with E-state index in [1.807, 2.05) is 16.9 Å². The lowest BCUT2D eigenvalue weighted by molar-refractivity contribution is 0.311. The molecule has 0 aliphatic carbocycles. The van der Waals surface area contributed by atoms with Gasteiger partial charge >= 0.3 is 0 Å². The molecule has 0 amide bonds. The second-order valence-electron chi connectivity index (χ2n) is 3.82. The largest absolute Gasteiger partial charge is 0.492 e. The van der Waals surface area contributed by atoms with Crippen molar-refractivity contribution in [3.63, 3.8) is 0 Å². The summed E-state index contributed by atoms with van der Waals surface area (Å²) in [6.45, 7) is 2.89. The molecule has 0 aliphatic rings. The number of hydrogen-bond donors (Lipinski definition) is 1. The third-order valence-corrected chi connectivity index (χ3v) is 2.42. The van der Waals surface area contributed by atoms with Gasteiger partial charge in [-0.2, -0.15) is 5.10 Å². The highest BCUT2D eigenvalue weighted by molar-refractivity contribution is 5.22. The topological polar surface area (TPSA) is 39.1 Å². The lowest BCUT2D eigenvalue weighted by Gasteiger charge is -2.07. The summed E-state index contributed by atoms with van der Waals surface area (Å²) in [6.07, 6.45) is 3.68. The molecule has 1 N–H and O–H groups in total. The molecule has 2 aromatic rings. The van der Waals surface area contributed by atoms with Gasteiger partial charge in [-0.25, -0.2) is 4.39 Å². The molecule has 18 heavy (non-hydrogen) atoms. The van der Waals surface area contributed by atoms with Crippen LogP contribution in [0.5, 0.6) is 5.75 Å². The van der Waals surface area contributed by atoms with Crippen LogP contribution < -0.4 is 10.1 Å². The zero-order valence-corrected chi connectivity index (χ0v) is 10.1. The van der Waals surface area contributed by atoms with E-state index in [4.69, 9.17) is 4.74 Å². The van der Waals surface area contributed by atoms with Crippen LogP contribution >= 0.6 is 0 Å². The minimum absolute atomic E-state index is 0.279. The van der Waals surface area contributed by atoms with Gasteiger partial charge in [0.15, 0.2) is 0 Å². The molecule has 0 atom stereocenters. The van der Waals surface area contributed by atoms with Crippen molar-refractivity contribution in [1.82, 2.24) is 15.1 Å². The molecule has 0 fully saturated rings. The molecule has 0 aliphatic heterocycles. The zero-order chi connectivity index (χ0) is 12.6. The lowest BCUT2D eigenvalue weighted by Crippen LogP contribution is -2.25. The fourth-order valence-electron chi connectivity index (χ4n) is 1.55. The van der Waals surface area contributed by atoms with Crippen molar-refractivity contribution in [1.29, 1.82) is 0 Å². The van der Waals surface area contributed by atoms with E-state index >= 15 is 0 Å². The molecule has 1 aromatic heterocycles. The summed E-state index contributed by atoms with van der Waals surface area (Å²) in [5.74, 6) is 0.281. The fraction of sp³-hybridized carbons (Fsp3) is 0.308. The number of nitrogens with zero attached hydrogens (tertiary/aromatic N) is 2. The smallest absolute Gasteiger partial charge is 0.126 e. The van der Waals surface area contributed by atoms with E-state index in [-0.39, 0.29) is 5.82 Å². The van der Waals surface area contributed by atoms with Crippen LogP contribution in [-0.2, 0) is 6.54 Å². The standard InChI is InChI=1S/C13H16FN3O/c14-12-3-1-4-13(11-12)18-10-7-15-6-9-17-8-2-5-16-17/h1-5,8,11,15H,6-7,9-10H2. The predicted octanol–water partition coefficient (Wildman–Crippen LogP) is 1.69. The molecule has 0 saturated carbocycles. The van der Waals surface area contributed by atoms with Crippen LogP contribution in [0, 0.1) is 5.82 Å². The number of nitrogens with one attached hydrogen (secondary N) is 1. The van der Waals surface area contributed by atoms with Crippen molar-refractivity contribution in [3.8, 4) is 5.75 Å². The predicted molar refractivity (Wildman–Crippen MR) is 67.0 cm³/mol. The minimum atomic E-state index is -0.279. The van der Waals surface area contributed by atoms with Gasteiger partial charge in [0.2, 0.25) is 0 Å². The maximum Gasteiger partial charge on any atom is 0.126 e. The first-order chi connectivity index (χ1) is 8.84. The number of aromatic nitrogens is 2. The Bertz CT molecular complexity index is 459. The van der Waals surface area contributed by atoms with Crippen LogP contribution in [0.4, 0.5) is 4.39 Å². The normalized spacial score (nSPS) is 10.5. The fourth-order valence-corrected chi connectivity index (χ4v) is 1.55. The Morgan fingerprint density at radius 2 is 2.22 bits per heavy atom. The van der Waals surface area contributed by atoms with Crippen LogP contribution in [0.15, 0.2) is 42.7 Å². The number of halogens is 1. The van der Waals surface area contributed by atoms with E-state index in [2.05, 4.69) is 10.4 Å². The van der Waals surface area contributed by atoms with Gasteiger partial charge in [-0.05, 0) is 18.2 Å². The summed E-state index contributed by atoms with van der Waals surface area (Å²) < 4.78 is 20.1. The van der Waals surface area contributed by atoms with Crippen LogP contribution in [0.2, 0.25) is 0 Å². The highest BCUT2D eigenvalue weighted by Crippen LogP contribution is 2.11. The maximum absolute atomic E-state index is 12.8. The maximum atomic E-state index is 12.8. The van der Waals surface area contributed by atoms with Crippen LogP contribution in [0.25, 0.3) is 0 Å². The first-order valence-corrected chi connectivity index (χ1v) is 5.91. The van der Waals surface area contributed by atoms with Gasteiger partial charge in [-0.1, -0.05) is 6.07 Å². The molecule has 0 unspecified atom stereocenters. The second kappa shape index (κ2) is 6.76. The summed E-state index contributed by atoms with van der Waals surface area (Å²) in [5.41, 5.74) is 0. The molecule has 0 radical (unpaired) electrons. The van der Waals surface area contributed by atoms with Crippen LogP contribution in [-0.4, -0.2) is 29.5 Å². The number of rotatable bonds is 7. The highest BCUT2D eigenvalue weighted by atomic mass is 19.1. The average Bonchev–Trinajstić information content (AvgIpc) is 2.87. The van der Waals surface area contributed by atoms with Gasteiger partial charge < -0.3 is 10.1 Å². The van der Waals surface area contributed by atoms with E-state index in [1.54, 1.807) is 18.3 Å². The van der Waals surface area contributed by atoms with Gasteiger partial charge in [0, 0.05) is 31.5 Å². The van der Waals surface area contributed by atoms with Crippen LogP contribution in [0.3, 0.4) is 0 Å². The molecular formula is C13H16FN3O. The Kier molecular flexibility index (Phi) is 4.72. The summed E-state index contributed by atoms with van der Waals surface area (Å²) in [4.78, 5) is 0. The van der Waals surface area contributed by atoms with Gasteiger partial charge in [0.25, 0.3) is 0 Å². The molecule has 4 nitrogen and oxygen atoms in total. The Hall–Kier alpha value is -1.88. The summed E-state index contributed by atoms with van der Waals surface area (Å²) in [6, 6.07) is 8.05. The van der Waals surface area contributed by atoms with Crippen molar-refractivity contribution in [2.24, 2.45) is 0 Å². The van der Waals surface area contributed by atoms with E-state index in [1.165, 1.54) is 12.1 Å². The Morgan fingerprint density at radius 1 is 1.28 bits per heavy atom. The van der Waals surface area contributed by atoms with Crippen molar-refractivity contribution < 1.29 is 9.13 Å². The molecule has 1 aromatic carbocycles. The van der Waals surface area contributed by atoms with Crippen molar-refractivity contribution in [2.45, 2.75) is 6.54 Å². The average molecular weight is 249 g/mol. The Balaban J connectivity index is 1.56. The molecular weight excluding hydrogens is 233 g/mol. The molecule has 0 bridgehead atoms. The molecule has 2 rings (SSSR count). The van der Waals surface area contributed by atoms with E-state index in [9.17, 15) is 4.39 Å². The molecule has 1 heterocycles. The van der Waals surface area contributed by atoms with Crippen LogP contribution in [0.1, 0.15) is 0 Å². The van der Waals surface area contributed by atoms with Crippen molar-refractivity contribution >= 4 is 0 Å². The van der Waals surface area contributed by atoms with Gasteiger partial charge in [-0.3, -0.25) is 4.68 Å². The number of ether oxygens (including phenoxy) is 1. The monoisotopic (exact) mass is 249 g/mol. The summed E-state index contributed by atoms with van der Waals surface area (Å²) >= 11 is 0. The molecule has 0 saturated heterocycles. The van der Waals surface area contributed by atoms with E-state index < -0.39 is 0 Å². The highest BCUT2D eigenvalue weighted by Gasteiger charge is 1.95. The van der Waals surface area contributed by atoms with Gasteiger partial charge in [0.1, 0.15) is 18.2 Å². The lowest BCUT2D eigenvalue weighted by atomic mass is 10.3. The third-order valence-electron chi connectivity index (χ3n) is 2.42. The first kappa shape index (κ1) is 12.6. The second-order valence-corrected chi connectivity index (χ2v) is 3.82. The molecule has 96 valence electrons. The van der Waals surface area contributed by atoms with E-state index in [0.29, 0.717) is 12.4 Å². The Morgan fingerprint density at radius 3 is 3.00 bits per heavy atom. The summed E-state index contributed by atoms with van der Waals surface area (Å²) in [5, 5.41) is 7.32. The molecule has 5 heteroatoms. The SMILES string of the molecule is Fc1cccc(OCCNCCn2cccn2)c1. The van der Waals surface area contributed by atoms with E-state index in [0.717, 1.165) is 19.6 Å². The van der Waals surface area contributed by atoms with Crippen molar-refractivity contribution in [2.75, 3.05) is 19.7 Å². The number of benzene rings is 1. The summed E-state index contributed by atoms with van der Waals surface area (Å²) in [7, 11) is 0. The van der Waals surface area contributed by atoms with Gasteiger partial charge in [0.05, 0.1) is 6.54 Å². The molecule has 0 spiro atoms. The first-order valence-electron chi connectivity index (χ1n) is 5.91. The third kappa shape index (κ3) is 4.18. The number of hydrogen-bond acceptors (Lipinski definition) is 3. The van der Waals surface area contributed by atoms with Crippen molar-refractivity contribution in [3.05, 3.63) is 48.5 Å². The quantitative estimate of drug-likeness (QED) is 0.759. The van der Waals surface area contributed by atoms with Gasteiger partial charge in [-0.15, -0.1) is 0 Å². The minimum Gasteiger partial charge on any atom is -0.492 e.